The number of benzene rings is 2. The Labute approximate surface area is 209 Å². The van der Waals surface area contributed by atoms with E-state index in [-0.39, 0.29) is 5.75 Å². The van der Waals surface area contributed by atoms with Crippen LogP contribution in [0.2, 0.25) is 0 Å². The monoisotopic (exact) mass is 504 g/mol. The standard InChI is InChI=1S/C26H31F3N4O3/c1-3-31(12-13-32-14-16-33(17-15-32)21-6-10-22(34-2)11-7-21)19-24-18-25(30-36-24)20-4-8-23(9-5-20)35-26(27,28)29/h4-11,18H,3,12-17,19H2,1-2H3. The molecule has 0 spiro atoms. The van der Waals surface area contributed by atoms with Crippen LogP contribution in [0.1, 0.15) is 12.7 Å². The number of anilines is 1. The summed E-state index contributed by atoms with van der Waals surface area (Å²) in [5, 5.41) is 4.09. The number of hydrogen-bond donors (Lipinski definition) is 0. The minimum absolute atomic E-state index is 0.267. The number of nitrogens with zero attached hydrogens (tertiary/aromatic N) is 4. The fourth-order valence-corrected chi connectivity index (χ4v) is 4.23. The number of ether oxygens (including phenoxy) is 2. The first-order valence-electron chi connectivity index (χ1n) is 12.0. The van der Waals surface area contributed by atoms with Gasteiger partial charge in [-0.2, -0.15) is 0 Å². The van der Waals surface area contributed by atoms with E-state index in [0.29, 0.717) is 23.6 Å². The highest BCUT2D eigenvalue weighted by Crippen LogP contribution is 2.27. The Kier molecular flexibility index (Phi) is 8.37. The Balaban J connectivity index is 1.24. The number of piperazine rings is 1. The maximum absolute atomic E-state index is 12.4. The Hall–Kier alpha value is -3.24. The Morgan fingerprint density at radius 2 is 1.64 bits per heavy atom. The molecule has 0 amide bonds. The lowest BCUT2D eigenvalue weighted by Crippen LogP contribution is -2.48. The van der Waals surface area contributed by atoms with E-state index in [1.54, 1.807) is 7.11 Å². The summed E-state index contributed by atoms with van der Waals surface area (Å²) in [6, 6.07) is 15.6. The second kappa shape index (κ2) is 11.7. The number of methoxy groups -OCH3 is 1. The average molecular weight is 505 g/mol. The lowest BCUT2D eigenvalue weighted by atomic mass is 10.1. The molecule has 10 heteroatoms. The van der Waals surface area contributed by atoms with Crippen molar-refractivity contribution in [3.05, 3.63) is 60.4 Å². The Morgan fingerprint density at radius 1 is 0.972 bits per heavy atom. The number of aromatic nitrogens is 1. The minimum Gasteiger partial charge on any atom is -0.497 e. The predicted molar refractivity (Wildman–Crippen MR) is 131 cm³/mol. The summed E-state index contributed by atoms with van der Waals surface area (Å²) in [6.07, 6.45) is -4.71. The van der Waals surface area contributed by atoms with Gasteiger partial charge in [-0.25, -0.2) is 0 Å². The molecule has 1 fully saturated rings. The highest BCUT2D eigenvalue weighted by Gasteiger charge is 2.31. The smallest absolute Gasteiger partial charge is 0.497 e. The van der Waals surface area contributed by atoms with Crippen molar-refractivity contribution in [1.82, 2.24) is 15.0 Å². The lowest BCUT2D eigenvalue weighted by molar-refractivity contribution is -0.274. The van der Waals surface area contributed by atoms with Crippen LogP contribution in [0.4, 0.5) is 18.9 Å². The zero-order valence-electron chi connectivity index (χ0n) is 20.5. The van der Waals surface area contributed by atoms with Crippen LogP contribution in [-0.2, 0) is 6.54 Å². The van der Waals surface area contributed by atoms with Crippen molar-refractivity contribution in [1.29, 1.82) is 0 Å². The highest BCUT2D eigenvalue weighted by molar-refractivity contribution is 5.59. The molecule has 194 valence electrons. The molecule has 1 saturated heterocycles. The maximum atomic E-state index is 12.4. The molecule has 3 aromatic rings. The average Bonchev–Trinajstić information content (AvgIpc) is 3.35. The quantitative estimate of drug-likeness (QED) is 0.390. The first kappa shape index (κ1) is 25.8. The highest BCUT2D eigenvalue weighted by atomic mass is 19.4. The molecule has 36 heavy (non-hydrogen) atoms. The maximum Gasteiger partial charge on any atom is 0.573 e. The number of halogens is 3. The van der Waals surface area contributed by atoms with Crippen molar-refractivity contribution in [2.45, 2.75) is 19.8 Å². The van der Waals surface area contributed by atoms with Gasteiger partial charge >= 0.3 is 6.36 Å². The molecular weight excluding hydrogens is 473 g/mol. The van der Waals surface area contributed by atoms with E-state index in [4.69, 9.17) is 9.26 Å². The molecule has 4 rings (SSSR count). The van der Waals surface area contributed by atoms with E-state index in [1.165, 1.54) is 30.0 Å². The van der Waals surface area contributed by atoms with E-state index < -0.39 is 6.36 Å². The molecule has 2 heterocycles. The van der Waals surface area contributed by atoms with E-state index in [9.17, 15) is 13.2 Å². The molecule has 0 radical (unpaired) electrons. The van der Waals surface area contributed by atoms with Gasteiger partial charge in [0.25, 0.3) is 0 Å². The first-order chi connectivity index (χ1) is 17.3. The molecule has 0 atom stereocenters. The summed E-state index contributed by atoms with van der Waals surface area (Å²) in [4.78, 5) is 7.16. The van der Waals surface area contributed by atoms with Gasteiger partial charge in [0.1, 0.15) is 17.2 Å². The van der Waals surface area contributed by atoms with Gasteiger partial charge in [-0.1, -0.05) is 12.1 Å². The van der Waals surface area contributed by atoms with Crippen molar-refractivity contribution in [3.63, 3.8) is 0 Å². The fraction of sp³-hybridized carbons (Fsp3) is 0.423. The molecule has 1 aliphatic heterocycles. The number of rotatable bonds is 10. The predicted octanol–water partition coefficient (Wildman–Crippen LogP) is 4.89. The van der Waals surface area contributed by atoms with Crippen molar-refractivity contribution in [2.24, 2.45) is 0 Å². The molecule has 0 N–H and O–H groups in total. The molecule has 1 aliphatic rings. The van der Waals surface area contributed by atoms with Crippen molar-refractivity contribution in [2.75, 3.05) is 57.8 Å². The largest absolute Gasteiger partial charge is 0.573 e. The van der Waals surface area contributed by atoms with Gasteiger partial charge in [-0.05, 0) is 55.1 Å². The minimum atomic E-state index is -4.71. The summed E-state index contributed by atoms with van der Waals surface area (Å²) in [5.74, 6) is 1.31. The first-order valence-corrected chi connectivity index (χ1v) is 12.0. The van der Waals surface area contributed by atoms with Crippen LogP contribution in [-0.4, -0.2) is 74.2 Å². The van der Waals surface area contributed by atoms with Gasteiger partial charge in [-0.3, -0.25) is 9.80 Å². The number of alkyl halides is 3. The molecule has 7 nitrogen and oxygen atoms in total. The van der Waals surface area contributed by atoms with Gasteiger partial charge < -0.3 is 18.9 Å². The summed E-state index contributed by atoms with van der Waals surface area (Å²) in [6.45, 7) is 9.43. The summed E-state index contributed by atoms with van der Waals surface area (Å²) in [7, 11) is 1.67. The SMILES string of the molecule is CCN(CCN1CCN(c2ccc(OC)cc2)CC1)Cc1cc(-c2ccc(OC(F)(F)F)cc2)no1. The Bertz CT molecular complexity index is 1080. The second-order valence-corrected chi connectivity index (χ2v) is 8.65. The second-order valence-electron chi connectivity index (χ2n) is 8.65. The lowest BCUT2D eigenvalue weighted by Gasteiger charge is -2.37. The molecule has 0 bridgehead atoms. The van der Waals surface area contributed by atoms with E-state index >= 15 is 0 Å². The van der Waals surface area contributed by atoms with Crippen molar-refractivity contribution < 1.29 is 27.2 Å². The van der Waals surface area contributed by atoms with Crippen LogP contribution in [0.15, 0.2) is 59.1 Å². The van der Waals surface area contributed by atoms with E-state index in [2.05, 4.69) is 43.6 Å². The molecule has 2 aromatic carbocycles. The third-order valence-corrected chi connectivity index (χ3v) is 6.31. The van der Waals surface area contributed by atoms with Gasteiger partial charge in [0.05, 0.1) is 13.7 Å². The van der Waals surface area contributed by atoms with Crippen molar-refractivity contribution >= 4 is 5.69 Å². The van der Waals surface area contributed by atoms with E-state index in [0.717, 1.165) is 51.6 Å². The normalized spacial score (nSPS) is 14.9. The van der Waals surface area contributed by atoms with Gasteiger partial charge in [0, 0.05) is 56.6 Å². The van der Waals surface area contributed by atoms with E-state index in [1.807, 2.05) is 18.2 Å². The van der Waals surface area contributed by atoms with Crippen LogP contribution in [0.3, 0.4) is 0 Å². The van der Waals surface area contributed by atoms with Crippen LogP contribution >= 0.6 is 0 Å². The zero-order chi connectivity index (χ0) is 25.5. The molecular formula is C26H31F3N4O3. The topological polar surface area (TPSA) is 54.2 Å². The van der Waals surface area contributed by atoms with Crippen LogP contribution in [0.5, 0.6) is 11.5 Å². The third-order valence-electron chi connectivity index (χ3n) is 6.31. The van der Waals surface area contributed by atoms with Crippen LogP contribution in [0.25, 0.3) is 11.3 Å². The summed E-state index contributed by atoms with van der Waals surface area (Å²) in [5.41, 5.74) is 2.46. The van der Waals surface area contributed by atoms with Crippen molar-refractivity contribution in [3.8, 4) is 22.8 Å². The molecule has 1 aromatic heterocycles. The summed E-state index contributed by atoms with van der Waals surface area (Å²) >= 11 is 0. The molecule has 0 aliphatic carbocycles. The van der Waals surface area contributed by atoms with Gasteiger partial charge in [0.2, 0.25) is 0 Å². The zero-order valence-corrected chi connectivity index (χ0v) is 20.5. The third kappa shape index (κ3) is 7.14. The number of likely N-dealkylation sites (N-methyl/N-ethyl adjacent to an activating group) is 1. The van der Waals surface area contributed by atoms with Crippen LogP contribution < -0.4 is 14.4 Å². The summed E-state index contributed by atoms with van der Waals surface area (Å²) < 4.78 is 51.7. The number of hydrogen-bond acceptors (Lipinski definition) is 7. The van der Waals surface area contributed by atoms with Gasteiger partial charge in [0.15, 0.2) is 5.76 Å². The van der Waals surface area contributed by atoms with Crippen LogP contribution in [0, 0.1) is 0 Å². The Morgan fingerprint density at radius 3 is 2.25 bits per heavy atom. The molecule has 0 unspecified atom stereocenters. The van der Waals surface area contributed by atoms with Gasteiger partial charge in [-0.15, -0.1) is 13.2 Å². The molecule has 0 saturated carbocycles. The fourth-order valence-electron chi connectivity index (χ4n) is 4.23.